The molecule has 5 nitrogen and oxygen atoms in total. The zero-order chi connectivity index (χ0) is 21.8. The number of ether oxygens (including phenoxy) is 2. The number of hydrogen-bond donors (Lipinski definition) is 1. The lowest BCUT2D eigenvalue weighted by atomic mass is 9.67. The molecule has 29 heavy (non-hydrogen) atoms. The SMILES string of the molecule is CC(=O)OC/C1=C\C[C@@]2(C)CC[C@@](O)(C(C)C)[C@@H]2C[C@@H](OC(C)=O)/C(C)=C/CC1. The first-order valence-corrected chi connectivity index (χ1v) is 10.9. The van der Waals surface area contributed by atoms with Crippen LogP contribution in [0.25, 0.3) is 0 Å². The number of hydrogen-bond acceptors (Lipinski definition) is 5. The normalized spacial score (nSPS) is 36.8. The first-order chi connectivity index (χ1) is 13.5. The van der Waals surface area contributed by atoms with Crippen molar-refractivity contribution >= 4 is 11.9 Å². The molecule has 1 saturated carbocycles. The Morgan fingerprint density at radius 3 is 2.48 bits per heavy atom. The van der Waals surface area contributed by atoms with Crippen molar-refractivity contribution < 1.29 is 24.2 Å². The molecule has 0 unspecified atom stereocenters. The first-order valence-electron chi connectivity index (χ1n) is 10.9. The van der Waals surface area contributed by atoms with Gasteiger partial charge in [0.15, 0.2) is 0 Å². The van der Waals surface area contributed by atoms with Crippen molar-refractivity contribution in [2.45, 2.75) is 91.8 Å². The van der Waals surface area contributed by atoms with Gasteiger partial charge in [-0.1, -0.05) is 32.9 Å². The summed E-state index contributed by atoms with van der Waals surface area (Å²) < 4.78 is 11.0. The maximum absolute atomic E-state index is 11.8. The molecule has 5 heteroatoms. The van der Waals surface area contributed by atoms with Gasteiger partial charge in [0.05, 0.1) is 5.60 Å². The van der Waals surface area contributed by atoms with E-state index in [1.165, 1.54) is 13.8 Å². The van der Waals surface area contributed by atoms with E-state index in [0.717, 1.165) is 43.3 Å². The molecule has 2 rings (SSSR count). The number of carbonyl (C=O) groups is 2. The Hall–Kier alpha value is -1.62. The van der Waals surface area contributed by atoms with Gasteiger partial charge in [0.2, 0.25) is 0 Å². The fraction of sp³-hybridized carbons (Fsp3) is 0.750. The Labute approximate surface area is 175 Å². The summed E-state index contributed by atoms with van der Waals surface area (Å²) in [5, 5.41) is 11.6. The topological polar surface area (TPSA) is 72.8 Å². The molecule has 0 amide bonds. The molecule has 2 aliphatic rings. The van der Waals surface area contributed by atoms with Crippen LogP contribution in [0.1, 0.15) is 80.1 Å². The molecule has 164 valence electrons. The van der Waals surface area contributed by atoms with Crippen LogP contribution in [0.5, 0.6) is 0 Å². The Morgan fingerprint density at radius 2 is 1.90 bits per heavy atom. The second-order valence-electron chi connectivity index (χ2n) is 9.52. The fourth-order valence-corrected chi connectivity index (χ4v) is 5.02. The fourth-order valence-electron chi connectivity index (χ4n) is 5.02. The Kier molecular flexibility index (Phi) is 7.72. The molecule has 0 saturated heterocycles. The van der Waals surface area contributed by atoms with Gasteiger partial charge in [-0.2, -0.15) is 0 Å². The van der Waals surface area contributed by atoms with Crippen molar-refractivity contribution in [3.63, 3.8) is 0 Å². The van der Waals surface area contributed by atoms with Crippen LogP contribution in [-0.4, -0.2) is 35.4 Å². The second kappa shape index (κ2) is 9.46. The van der Waals surface area contributed by atoms with Gasteiger partial charge in [0.1, 0.15) is 12.7 Å². The van der Waals surface area contributed by atoms with Crippen molar-refractivity contribution in [3.05, 3.63) is 23.3 Å². The number of rotatable bonds is 4. The van der Waals surface area contributed by atoms with Crippen molar-refractivity contribution in [1.29, 1.82) is 0 Å². The van der Waals surface area contributed by atoms with E-state index in [0.29, 0.717) is 13.0 Å². The van der Waals surface area contributed by atoms with E-state index in [1.54, 1.807) is 0 Å². The lowest BCUT2D eigenvalue weighted by Gasteiger charge is -2.42. The average Bonchev–Trinajstić information content (AvgIpc) is 2.87. The molecular weight excluding hydrogens is 368 g/mol. The molecular formula is C24H38O5. The molecule has 0 aliphatic heterocycles. The van der Waals surface area contributed by atoms with Gasteiger partial charge in [0, 0.05) is 13.8 Å². The summed E-state index contributed by atoms with van der Waals surface area (Å²) in [6.45, 7) is 11.6. The van der Waals surface area contributed by atoms with Gasteiger partial charge in [-0.15, -0.1) is 0 Å². The van der Waals surface area contributed by atoms with Crippen LogP contribution >= 0.6 is 0 Å². The van der Waals surface area contributed by atoms with E-state index < -0.39 is 5.60 Å². The van der Waals surface area contributed by atoms with Gasteiger partial charge >= 0.3 is 11.9 Å². The monoisotopic (exact) mass is 406 g/mol. The minimum absolute atomic E-state index is 0.00651. The molecule has 0 aromatic heterocycles. The minimum Gasteiger partial charge on any atom is -0.461 e. The summed E-state index contributed by atoms with van der Waals surface area (Å²) in [6.07, 6.45) is 8.69. The average molecular weight is 407 g/mol. The van der Waals surface area contributed by atoms with E-state index in [2.05, 4.69) is 32.9 Å². The minimum atomic E-state index is -0.786. The van der Waals surface area contributed by atoms with Crippen LogP contribution < -0.4 is 0 Å². The predicted molar refractivity (Wildman–Crippen MR) is 113 cm³/mol. The van der Waals surface area contributed by atoms with Crippen LogP contribution in [0.3, 0.4) is 0 Å². The quantitative estimate of drug-likeness (QED) is 0.540. The van der Waals surface area contributed by atoms with E-state index in [-0.39, 0.29) is 35.3 Å². The molecule has 4 atom stereocenters. The largest absolute Gasteiger partial charge is 0.461 e. The van der Waals surface area contributed by atoms with Gasteiger partial charge < -0.3 is 14.6 Å². The van der Waals surface area contributed by atoms with Gasteiger partial charge in [-0.3, -0.25) is 9.59 Å². The smallest absolute Gasteiger partial charge is 0.303 e. The number of carbonyl (C=O) groups excluding carboxylic acids is 2. The van der Waals surface area contributed by atoms with E-state index in [9.17, 15) is 14.7 Å². The number of aliphatic hydroxyl groups is 1. The molecule has 0 spiro atoms. The van der Waals surface area contributed by atoms with E-state index >= 15 is 0 Å². The van der Waals surface area contributed by atoms with Crippen LogP contribution in [-0.2, 0) is 19.1 Å². The maximum atomic E-state index is 11.8. The summed E-state index contributed by atoms with van der Waals surface area (Å²) in [5.74, 6) is -0.446. The Morgan fingerprint density at radius 1 is 1.21 bits per heavy atom. The van der Waals surface area contributed by atoms with Gasteiger partial charge in [-0.05, 0) is 73.8 Å². The summed E-state index contributed by atoms with van der Waals surface area (Å²) >= 11 is 0. The van der Waals surface area contributed by atoms with Gasteiger partial charge in [0.25, 0.3) is 0 Å². The molecule has 2 aliphatic carbocycles. The van der Waals surface area contributed by atoms with Crippen molar-refractivity contribution in [1.82, 2.24) is 0 Å². The highest BCUT2D eigenvalue weighted by molar-refractivity contribution is 5.66. The highest BCUT2D eigenvalue weighted by Gasteiger charge is 2.55. The third-order valence-electron chi connectivity index (χ3n) is 7.06. The lowest BCUT2D eigenvalue weighted by molar-refractivity contribution is -0.148. The van der Waals surface area contributed by atoms with Crippen LogP contribution in [0.4, 0.5) is 0 Å². The van der Waals surface area contributed by atoms with Crippen LogP contribution in [0, 0.1) is 17.3 Å². The van der Waals surface area contributed by atoms with Crippen molar-refractivity contribution in [2.75, 3.05) is 6.61 Å². The summed E-state index contributed by atoms with van der Waals surface area (Å²) in [5.41, 5.74) is 1.24. The van der Waals surface area contributed by atoms with Crippen molar-refractivity contribution in [3.8, 4) is 0 Å². The zero-order valence-electron chi connectivity index (χ0n) is 18.9. The molecule has 0 heterocycles. The Bertz CT molecular complexity index is 677. The molecule has 0 aromatic carbocycles. The van der Waals surface area contributed by atoms with E-state index in [1.807, 2.05) is 6.92 Å². The van der Waals surface area contributed by atoms with Gasteiger partial charge in [-0.25, -0.2) is 0 Å². The number of fused-ring (bicyclic) bond motifs is 1. The number of esters is 2. The molecule has 0 radical (unpaired) electrons. The molecule has 0 bridgehead atoms. The standard InChI is InChI=1S/C24H38O5/c1-16(2)24(27)13-12-23(6)11-10-20(15-28-18(4)25)9-7-8-17(3)21(14-22(23)24)29-19(5)26/h8,10,16,21-22,27H,7,9,11-15H2,1-6H3/b17-8+,20-10-/t21-,22-,23+,24-/m1/s1. The van der Waals surface area contributed by atoms with Crippen molar-refractivity contribution in [2.24, 2.45) is 17.3 Å². The lowest BCUT2D eigenvalue weighted by Crippen LogP contribution is -2.45. The third-order valence-corrected chi connectivity index (χ3v) is 7.06. The first kappa shape index (κ1) is 23.7. The molecule has 1 fully saturated rings. The predicted octanol–water partition coefficient (Wildman–Crippen LogP) is 4.73. The number of allylic oxidation sites excluding steroid dienone is 2. The molecule has 1 N–H and O–H groups in total. The van der Waals surface area contributed by atoms with E-state index in [4.69, 9.17) is 9.47 Å². The van der Waals surface area contributed by atoms with Crippen LogP contribution in [0.2, 0.25) is 0 Å². The Balaban J connectivity index is 2.43. The zero-order valence-corrected chi connectivity index (χ0v) is 18.9. The third kappa shape index (κ3) is 5.71. The molecule has 0 aromatic rings. The summed E-state index contributed by atoms with van der Waals surface area (Å²) in [4.78, 5) is 23.1. The second-order valence-corrected chi connectivity index (χ2v) is 9.52. The highest BCUT2D eigenvalue weighted by atomic mass is 16.5. The maximum Gasteiger partial charge on any atom is 0.303 e. The highest BCUT2D eigenvalue weighted by Crippen LogP contribution is 2.56. The summed E-state index contributed by atoms with van der Waals surface area (Å²) in [6, 6.07) is 0. The summed E-state index contributed by atoms with van der Waals surface area (Å²) in [7, 11) is 0. The van der Waals surface area contributed by atoms with Crippen LogP contribution in [0.15, 0.2) is 23.3 Å².